The lowest BCUT2D eigenvalue weighted by molar-refractivity contribution is -0.121. The van der Waals surface area contributed by atoms with Crippen molar-refractivity contribution in [3.05, 3.63) is 35.9 Å². The summed E-state index contributed by atoms with van der Waals surface area (Å²) in [5, 5.41) is 15.5. The second-order valence-electron chi connectivity index (χ2n) is 7.35. The molecule has 2 N–H and O–H groups in total. The molecule has 1 amide bonds. The quantitative estimate of drug-likeness (QED) is 0.662. The van der Waals surface area contributed by atoms with Crippen LogP contribution in [0.4, 0.5) is 5.13 Å². The Labute approximate surface area is 169 Å². The SMILES string of the molecule is C[C@@H]1[C@H](C)CCC[C@H]1NC(=O)[C@@H](C)Sc1nnc(NCc2ccccc2)s1. The van der Waals surface area contributed by atoms with Crippen LogP contribution in [0.2, 0.25) is 0 Å². The number of anilines is 1. The van der Waals surface area contributed by atoms with Gasteiger partial charge in [0.15, 0.2) is 4.34 Å². The van der Waals surface area contributed by atoms with Gasteiger partial charge in [-0.3, -0.25) is 4.79 Å². The molecule has 0 spiro atoms. The molecule has 1 aliphatic carbocycles. The molecule has 0 saturated heterocycles. The fourth-order valence-electron chi connectivity index (χ4n) is 3.39. The van der Waals surface area contributed by atoms with E-state index in [1.165, 1.54) is 41.5 Å². The fourth-order valence-corrected chi connectivity index (χ4v) is 5.29. The third kappa shape index (κ3) is 5.69. The van der Waals surface area contributed by atoms with Crippen LogP contribution in [0.15, 0.2) is 34.7 Å². The Kier molecular flexibility index (Phi) is 7.13. The average molecular weight is 405 g/mol. The Morgan fingerprint density at radius 2 is 2.04 bits per heavy atom. The van der Waals surface area contributed by atoms with Crippen molar-refractivity contribution in [2.45, 2.75) is 62.2 Å². The van der Waals surface area contributed by atoms with Crippen molar-refractivity contribution in [3.8, 4) is 0 Å². The molecule has 1 heterocycles. The van der Waals surface area contributed by atoms with Crippen molar-refractivity contribution in [2.24, 2.45) is 11.8 Å². The zero-order valence-corrected chi connectivity index (χ0v) is 17.8. The van der Waals surface area contributed by atoms with Crippen LogP contribution in [0, 0.1) is 11.8 Å². The summed E-state index contributed by atoms with van der Waals surface area (Å²) >= 11 is 2.97. The van der Waals surface area contributed by atoms with Gasteiger partial charge in [-0.1, -0.05) is 80.1 Å². The van der Waals surface area contributed by atoms with Crippen LogP contribution in [0.3, 0.4) is 0 Å². The van der Waals surface area contributed by atoms with Crippen LogP contribution >= 0.6 is 23.1 Å². The van der Waals surface area contributed by atoms with E-state index in [0.29, 0.717) is 24.4 Å². The number of nitrogens with zero attached hydrogens (tertiary/aromatic N) is 2. The molecule has 0 aliphatic heterocycles. The molecule has 0 bridgehead atoms. The van der Waals surface area contributed by atoms with Crippen LogP contribution in [0.5, 0.6) is 0 Å². The Morgan fingerprint density at radius 3 is 2.81 bits per heavy atom. The fraction of sp³-hybridized carbons (Fsp3) is 0.550. The maximum atomic E-state index is 12.6. The summed E-state index contributed by atoms with van der Waals surface area (Å²) in [5.41, 5.74) is 1.20. The minimum atomic E-state index is -0.177. The van der Waals surface area contributed by atoms with E-state index in [-0.39, 0.29) is 11.2 Å². The van der Waals surface area contributed by atoms with Gasteiger partial charge in [-0.2, -0.15) is 0 Å². The van der Waals surface area contributed by atoms with Crippen molar-refractivity contribution < 1.29 is 4.79 Å². The summed E-state index contributed by atoms with van der Waals surface area (Å²) in [6.07, 6.45) is 3.55. The van der Waals surface area contributed by atoms with E-state index in [9.17, 15) is 4.79 Å². The Hall–Kier alpha value is -1.60. The largest absolute Gasteiger partial charge is 0.356 e. The first-order chi connectivity index (χ1) is 13.0. The molecule has 5 nitrogen and oxygen atoms in total. The van der Waals surface area contributed by atoms with E-state index in [2.05, 4.69) is 46.8 Å². The summed E-state index contributed by atoms with van der Waals surface area (Å²) < 4.78 is 0.818. The van der Waals surface area contributed by atoms with Gasteiger partial charge in [-0.15, -0.1) is 10.2 Å². The summed E-state index contributed by atoms with van der Waals surface area (Å²) in [7, 11) is 0. The standard InChI is InChI=1S/C20H28N4OS2/c1-13-8-7-11-17(14(13)2)22-18(25)15(3)26-20-24-23-19(27-20)21-12-16-9-5-4-6-10-16/h4-6,9-10,13-15,17H,7-8,11-12H2,1-3H3,(H,21,23)(H,22,25)/t13-,14-,15-,17-/m1/s1. The number of hydrogen-bond acceptors (Lipinski definition) is 6. The van der Waals surface area contributed by atoms with Gasteiger partial charge in [0.05, 0.1) is 5.25 Å². The molecular formula is C20H28N4OS2. The number of benzene rings is 1. The van der Waals surface area contributed by atoms with Gasteiger partial charge in [-0.05, 0) is 30.7 Å². The maximum absolute atomic E-state index is 12.6. The average Bonchev–Trinajstić information content (AvgIpc) is 3.12. The molecule has 1 saturated carbocycles. The molecule has 2 aromatic rings. The van der Waals surface area contributed by atoms with E-state index in [1.54, 1.807) is 0 Å². The van der Waals surface area contributed by atoms with Gasteiger partial charge >= 0.3 is 0 Å². The highest BCUT2D eigenvalue weighted by Gasteiger charge is 2.29. The van der Waals surface area contributed by atoms with Crippen LogP contribution in [-0.4, -0.2) is 27.4 Å². The Bertz CT molecular complexity index is 737. The van der Waals surface area contributed by atoms with Crippen molar-refractivity contribution in [1.29, 1.82) is 0 Å². The van der Waals surface area contributed by atoms with Crippen molar-refractivity contribution in [2.75, 3.05) is 5.32 Å². The number of carbonyl (C=O) groups is 1. The lowest BCUT2D eigenvalue weighted by Gasteiger charge is -2.35. The van der Waals surface area contributed by atoms with E-state index < -0.39 is 0 Å². The van der Waals surface area contributed by atoms with Gasteiger partial charge in [0.2, 0.25) is 11.0 Å². The number of amides is 1. The topological polar surface area (TPSA) is 66.9 Å². The van der Waals surface area contributed by atoms with Crippen molar-refractivity contribution in [3.63, 3.8) is 0 Å². The van der Waals surface area contributed by atoms with Crippen LogP contribution in [0.25, 0.3) is 0 Å². The first-order valence-corrected chi connectivity index (χ1v) is 11.3. The lowest BCUT2D eigenvalue weighted by atomic mass is 9.78. The van der Waals surface area contributed by atoms with Gasteiger partial charge in [0, 0.05) is 12.6 Å². The number of aromatic nitrogens is 2. The van der Waals surface area contributed by atoms with E-state index in [4.69, 9.17) is 0 Å². The third-order valence-corrected chi connectivity index (χ3v) is 7.44. The lowest BCUT2D eigenvalue weighted by Crippen LogP contribution is -2.46. The Balaban J connectivity index is 1.48. The number of hydrogen-bond donors (Lipinski definition) is 2. The highest BCUT2D eigenvalue weighted by molar-refractivity contribution is 8.02. The summed E-state index contributed by atoms with van der Waals surface area (Å²) in [5.74, 6) is 1.31. The third-order valence-electron chi connectivity index (χ3n) is 5.37. The molecule has 3 rings (SSSR count). The van der Waals surface area contributed by atoms with E-state index in [0.717, 1.165) is 15.9 Å². The number of nitrogens with one attached hydrogen (secondary N) is 2. The minimum Gasteiger partial charge on any atom is -0.356 e. The summed E-state index contributed by atoms with van der Waals surface area (Å²) in [6.45, 7) is 7.19. The van der Waals surface area contributed by atoms with Crippen molar-refractivity contribution >= 4 is 34.1 Å². The molecule has 1 aliphatic rings. The molecule has 1 aromatic carbocycles. The van der Waals surface area contributed by atoms with Crippen LogP contribution in [0.1, 0.15) is 45.6 Å². The molecule has 1 aromatic heterocycles. The first-order valence-electron chi connectivity index (χ1n) is 9.61. The number of carbonyl (C=O) groups excluding carboxylic acids is 1. The minimum absolute atomic E-state index is 0.0972. The molecule has 4 atom stereocenters. The van der Waals surface area contributed by atoms with E-state index in [1.807, 2.05) is 25.1 Å². The molecule has 146 valence electrons. The molecule has 0 radical (unpaired) electrons. The van der Waals surface area contributed by atoms with Gasteiger partial charge < -0.3 is 10.6 Å². The number of rotatable bonds is 7. The zero-order chi connectivity index (χ0) is 19.2. The van der Waals surface area contributed by atoms with Crippen molar-refractivity contribution in [1.82, 2.24) is 15.5 Å². The maximum Gasteiger partial charge on any atom is 0.233 e. The second kappa shape index (κ2) is 9.55. The summed E-state index contributed by atoms with van der Waals surface area (Å²) in [6, 6.07) is 10.5. The molecule has 27 heavy (non-hydrogen) atoms. The first kappa shape index (κ1) is 20.1. The molecule has 0 unspecified atom stereocenters. The van der Waals surface area contributed by atoms with Gasteiger partial charge in [0.25, 0.3) is 0 Å². The molecule has 7 heteroatoms. The van der Waals surface area contributed by atoms with Gasteiger partial charge in [-0.25, -0.2) is 0 Å². The predicted molar refractivity (Wildman–Crippen MR) is 113 cm³/mol. The zero-order valence-electron chi connectivity index (χ0n) is 16.1. The summed E-state index contributed by atoms with van der Waals surface area (Å²) in [4.78, 5) is 12.6. The highest BCUT2D eigenvalue weighted by Crippen LogP contribution is 2.31. The normalized spacial score (nSPS) is 23.6. The van der Waals surface area contributed by atoms with E-state index >= 15 is 0 Å². The molecular weight excluding hydrogens is 376 g/mol. The van der Waals surface area contributed by atoms with Crippen LogP contribution in [-0.2, 0) is 11.3 Å². The smallest absolute Gasteiger partial charge is 0.233 e. The monoisotopic (exact) mass is 404 g/mol. The predicted octanol–water partition coefficient (Wildman–Crippen LogP) is 4.57. The van der Waals surface area contributed by atoms with Gasteiger partial charge in [0.1, 0.15) is 0 Å². The number of thioether (sulfide) groups is 1. The highest BCUT2D eigenvalue weighted by atomic mass is 32.2. The van der Waals surface area contributed by atoms with Crippen LogP contribution < -0.4 is 10.6 Å². The molecule has 1 fully saturated rings. The Morgan fingerprint density at radius 1 is 1.26 bits per heavy atom. The second-order valence-corrected chi connectivity index (χ2v) is 9.92.